The zero-order chi connectivity index (χ0) is 12.0. The Morgan fingerprint density at radius 3 is 2.62 bits per heavy atom. The third kappa shape index (κ3) is 4.06. The van der Waals surface area contributed by atoms with Crippen molar-refractivity contribution in [3.63, 3.8) is 0 Å². The molecule has 0 aromatic heterocycles. The summed E-state index contributed by atoms with van der Waals surface area (Å²) in [6.07, 6.45) is 1.30. The van der Waals surface area contributed by atoms with E-state index in [-0.39, 0.29) is 5.92 Å². The Morgan fingerprint density at radius 1 is 1.50 bits per heavy atom. The molecule has 0 aliphatic heterocycles. The van der Waals surface area contributed by atoms with Crippen LogP contribution in [0.2, 0.25) is 0 Å². The van der Waals surface area contributed by atoms with Gasteiger partial charge in [-0.05, 0) is 17.7 Å². The molecule has 0 fully saturated rings. The Labute approximate surface area is 104 Å². The van der Waals surface area contributed by atoms with Crippen LogP contribution in [0.4, 0.5) is 0 Å². The first-order chi connectivity index (χ1) is 7.67. The first-order valence-electron chi connectivity index (χ1n) is 5.05. The number of hydrogen-bond donors (Lipinski definition) is 2. The van der Waals surface area contributed by atoms with E-state index in [2.05, 4.69) is 28.0 Å². The average molecular weight is 286 g/mol. The van der Waals surface area contributed by atoms with Gasteiger partial charge in [-0.3, -0.25) is 0 Å². The molecule has 88 valence electrons. The van der Waals surface area contributed by atoms with Gasteiger partial charge in [0.25, 0.3) is 0 Å². The number of rotatable bonds is 6. The number of hydrogen-bond acceptors (Lipinski definition) is 3. The lowest BCUT2D eigenvalue weighted by molar-refractivity contribution is -0.0778. The van der Waals surface area contributed by atoms with Crippen LogP contribution in [0.25, 0.3) is 0 Å². The highest BCUT2D eigenvalue weighted by Gasteiger charge is 2.13. The fourth-order valence-electron chi connectivity index (χ4n) is 1.20. The molecule has 1 aromatic rings. The molecule has 2 N–H and O–H groups in total. The lowest BCUT2D eigenvalue weighted by Gasteiger charge is -2.20. The summed E-state index contributed by atoms with van der Waals surface area (Å²) in [6.45, 7) is 6.03. The van der Waals surface area contributed by atoms with Gasteiger partial charge in [0.1, 0.15) is 6.23 Å². The zero-order valence-electron chi connectivity index (χ0n) is 9.19. The fourth-order valence-corrected chi connectivity index (χ4v) is 1.46. The van der Waals surface area contributed by atoms with Crippen LogP contribution < -0.4 is 5.48 Å². The molecular formula is C12H16BrNO2. The summed E-state index contributed by atoms with van der Waals surface area (Å²) < 4.78 is 6.56. The lowest BCUT2D eigenvalue weighted by Crippen LogP contribution is -2.34. The van der Waals surface area contributed by atoms with Gasteiger partial charge in [0.2, 0.25) is 0 Å². The molecule has 0 amide bonds. The van der Waals surface area contributed by atoms with Gasteiger partial charge in [-0.25, -0.2) is 0 Å². The highest BCUT2D eigenvalue weighted by atomic mass is 79.9. The number of hydroxylamine groups is 1. The fraction of sp³-hybridized carbons (Fsp3) is 0.333. The van der Waals surface area contributed by atoms with Crippen LogP contribution in [0.15, 0.2) is 41.4 Å². The summed E-state index contributed by atoms with van der Waals surface area (Å²) in [6, 6.07) is 7.85. The van der Waals surface area contributed by atoms with E-state index in [1.165, 1.54) is 0 Å². The van der Waals surface area contributed by atoms with Gasteiger partial charge >= 0.3 is 0 Å². The Balaban J connectivity index is 2.49. The van der Waals surface area contributed by atoms with Gasteiger partial charge in [-0.1, -0.05) is 41.1 Å². The Hall–Kier alpha value is -0.680. The minimum absolute atomic E-state index is 0.0421. The maximum absolute atomic E-state index is 8.92. The van der Waals surface area contributed by atoms with Crippen molar-refractivity contribution in [2.75, 3.05) is 0 Å². The predicted molar refractivity (Wildman–Crippen MR) is 67.0 cm³/mol. The van der Waals surface area contributed by atoms with Crippen molar-refractivity contribution < 1.29 is 9.94 Å². The van der Waals surface area contributed by atoms with E-state index in [4.69, 9.17) is 9.94 Å². The molecule has 0 aliphatic carbocycles. The van der Waals surface area contributed by atoms with Crippen molar-refractivity contribution in [3.05, 3.63) is 47.0 Å². The number of benzene rings is 1. The second kappa shape index (κ2) is 6.81. The number of nitrogens with one attached hydrogen (secondary N) is 1. The Kier molecular flexibility index (Phi) is 5.69. The minimum atomic E-state index is -0.429. The third-order valence-electron chi connectivity index (χ3n) is 2.32. The van der Waals surface area contributed by atoms with E-state index >= 15 is 0 Å². The molecule has 0 radical (unpaired) electrons. The van der Waals surface area contributed by atoms with Crippen LogP contribution in [-0.2, 0) is 11.3 Å². The largest absolute Gasteiger partial charge is 0.356 e. The molecule has 0 aliphatic rings. The molecule has 0 heterocycles. The molecule has 0 saturated heterocycles. The van der Waals surface area contributed by atoms with E-state index in [1.807, 2.05) is 31.2 Å². The first-order valence-corrected chi connectivity index (χ1v) is 5.85. The molecule has 16 heavy (non-hydrogen) atoms. The Bertz CT molecular complexity index is 326. The molecular weight excluding hydrogens is 270 g/mol. The summed E-state index contributed by atoms with van der Waals surface area (Å²) >= 11 is 3.37. The van der Waals surface area contributed by atoms with Crippen molar-refractivity contribution in [1.29, 1.82) is 0 Å². The van der Waals surface area contributed by atoms with E-state index < -0.39 is 6.23 Å². The van der Waals surface area contributed by atoms with Gasteiger partial charge in [0.15, 0.2) is 0 Å². The topological polar surface area (TPSA) is 41.5 Å². The highest BCUT2D eigenvalue weighted by Crippen LogP contribution is 2.13. The van der Waals surface area contributed by atoms with Crippen LogP contribution in [0.5, 0.6) is 0 Å². The van der Waals surface area contributed by atoms with E-state index in [0.717, 1.165) is 10.0 Å². The van der Waals surface area contributed by atoms with Crippen molar-refractivity contribution >= 4 is 15.9 Å². The highest BCUT2D eigenvalue weighted by molar-refractivity contribution is 9.10. The SMILES string of the molecule is C=C[C@H](C)[C@@H](NO)OCc1ccc(Br)cc1. The molecule has 3 nitrogen and oxygen atoms in total. The Morgan fingerprint density at radius 2 is 2.12 bits per heavy atom. The van der Waals surface area contributed by atoms with Crippen LogP contribution in [0.1, 0.15) is 12.5 Å². The second-order valence-electron chi connectivity index (χ2n) is 3.58. The smallest absolute Gasteiger partial charge is 0.136 e. The van der Waals surface area contributed by atoms with E-state index in [1.54, 1.807) is 6.08 Å². The molecule has 4 heteroatoms. The first kappa shape index (κ1) is 13.4. The van der Waals surface area contributed by atoms with Crippen molar-refractivity contribution in [1.82, 2.24) is 5.48 Å². The summed E-state index contributed by atoms with van der Waals surface area (Å²) in [5.41, 5.74) is 3.19. The van der Waals surface area contributed by atoms with Gasteiger partial charge in [-0.15, -0.1) is 6.58 Å². The monoisotopic (exact) mass is 285 g/mol. The van der Waals surface area contributed by atoms with Gasteiger partial charge in [0.05, 0.1) is 6.61 Å². The van der Waals surface area contributed by atoms with Crippen LogP contribution in [0.3, 0.4) is 0 Å². The quantitative estimate of drug-likeness (QED) is 0.479. The summed E-state index contributed by atoms with van der Waals surface area (Å²) in [4.78, 5) is 0. The second-order valence-corrected chi connectivity index (χ2v) is 4.50. The molecule has 0 unspecified atom stereocenters. The molecule has 0 spiro atoms. The summed E-state index contributed by atoms with van der Waals surface area (Å²) in [5.74, 6) is 0.0421. The number of ether oxygens (including phenoxy) is 1. The van der Waals surface area contributed by atoms with Crippen LogP contribution in [0, 0.1) is 5.92 Å². The van der Waals surface area contributed by atoms with Crippen LogP contribution >= 0.6 is 15.9 Å². The number of halogens is 1. The van der Waals surface area contributed by atoms with Crippen LogP contribution in [-0.4, -0.2) is 11.4 Å². The van der Waals surface area contributed by atoms with Crippen molar-refractivity contribution in [2.24, 2.45) is 5.92 Å². The maximum Gasteiger partial charge on any atom is 0.136 e. The van der Waals surface area contributed by atoms with E-state index in [9.17, 15) is 0 Å². The van der Waals surface area contributed by atoms with Gasteiger partial charge in [-0.2, -0.15) is 5.48 Å². The molecule has 1 aromatic carbocycles. The molecule has 1 rings (SSSR count). The molecule has 0 saturated carbocycles. The van der Waals surface area contributed by atoms with Gasteiger partial charge in [0, 0.05) is 10.4 Å². The minimum Gasteiger partial charge on any atom is -0.356 e. The molecule has 0 bridgehead atoms. The average Bonchev–Trinajstić information content (AvgIpc) is 2.31. The standard InChI is InChI=1S/C12H16BrNO2/c1-3-9(2)12(14-15)16-8-10-4-6-11(13)7-5-10/h3-7,9,12,14-15H,1,8H2,2H3/t9-,12-/m0/s1. The van der Waals surface area contributed by atoms with Crippen molar-refractivity contribution in [2.45, 2.75) is 19.8 Å². The summed E-state index contributed by atoms with van der Waals surface area (Å²) in [7, 11) is 0. The van der Waals surface area contributed by atoms with E-state index in [0.29, 0.717) is 6.61 Å². The van der Waals surface area contributed by atoms with Crippen molar-refractivity contribution in [3.8, 4) is 0 Å². The zero-order valence-corrected chi connectivity index (χ0v) is 10.8. The lowest BCUT2D eigenvalue weighted by atomic mass is 10.1. The molecule has 2 atom stereocenters. The third-order valence-corrected chi connectivity index (χ3v) is 2.85. The maximum atomic E-state index is 8.92. The normalized spacial score (nSPS) is 14.4. The summed E-state index contributed by atoms with van der Waals surface area (Å²) in [5, 5.41) is 8.92. The predicted octanol–water partition coefficient (Wildman–Crippen LogP) is 3.09. The van der Waals surface area contributed by atoms with Gasteiger partial charge < -0.3 is 9.94 Å².